The van der Waals surface area contributed by atoms with Gasteiger partial charge in [0.15, 0.2) is 0 Å². The van der Waals surface area contributed by atoms with Crippen molar-refractivity contribution in [3.8, 4) is 0 Å². The number of hydrogen-bond donors (Lipinski definition) is 0. The van der Waals surface area contributed by atoms with Crippen molar-refractivity contribution in [3.05, 3.63) is 44.8 Å². The van der Waals surface area contributed by atoms with E-state index < -0.39 is 0 Å². The highest BCUT2D eigenvalue weighted by Crippen LogP contribution is 2.34. The molecule has 0 spiro atoms. The number of aryl methyl sites for hydroxylation is 1. The fraction of sp³-hybridized carbons (Fsp3) is 0.438. The van der Waals surface area contributed by atoms with Crippen molar-refractivity contribution < 1.29 is 4.79 Å². The lowest BCUT2D eigenvalue weighted by atomic mass is 10.1. The van der Waals surface area contributed by atoms with Crippen molar-refractivity contribution in [3.63, 3.8) is 0 Å². The lowest BCUT2D eigenvalue weighted by Crippen LogP contribution is -2.32. The van der Waals surface area contributed by atoms with Gasteiger partial charge in [0.25, 0.3) is 5.91 Å². The molecule has 3 nitrogen and oxygen atoms in total. The quantitative estimate of drug-likeness (QED) is 0.769. The number of likely N-dealkylation sites (tertiary alicyclic amines) is 1. The van der Waals surface area contributed by atoms with Crippen LogP contribution in [0.2, 0.25) is 0 Å². The van der Waals surface area contributed by atoms with Gasteiger partial charge in [-0.05, 0) is 63.6 Å². The van der Waals surface area contributed by atoms with Crippen molar-refractivity contribution in [1.29, 1.82) is 0 Å². The van der Waals surface area contributed by atoms with Crippen molar-refractivity contribution in [2.24, 2.45) is 0 Å². The van der Waals surface area contributed by atoms with E-state index in [9.17, 15) is 4.79 Å². The highest BCUT2D eigenvalue weighted by molar-refractivity contribution is 9.10. The van der Waals surface area contributed by atoms with Crippen LogP contribution in [0, 0.1) is 0 Å². The molecule has 0 N–H and O–H groups in total. The second kappa shape index (κ2) is 6.36. The Hall–Kier alpha value is -1.07. The molecule has 2 aromatic heterocycles. The van der Waals surface area contributed by atoms with Crippen LogP contribution in [-0.4, -0.2) is 21.9 Å². The minimum absolute atomic E-state index is 0.155. The number of carbonyl (C=O) groups is 1. The van der Waals surface area contributed by atoms with Gasteiger partial charge in [0.2, 0.25) is 0 Å². The summed E-state index contributed by atoms with van der Waals surface area (Å²) in [6, 6.07) is 4.33. The zero-order valence-corrected chi connectivity index (χ0v) is 14.5. The molecule has 0 aliphatic carbocycles. The Morgan fingerprint density at radius 1 is 1.52 bits per heavy atom. The van der Waals surface area contributed by atoms with Crippen LogP contribution in [0.3, 0.4) is 0 Å². The first-order chi connectivity index (χ1) is 10.2. The smallest absolute Gasteiger partial charge is 0.271 e. The van der Waals surface area contributed by atoms with E-state index in [4.69, 9.17) is 0 Å². The Kier molecular flexibility index (Phi) is 4.50. The summed E-state index contributed by atoms with van der Waals surface area (Å²) in [6.07, 6.45) is 5.18. The zero-order valence-electron chi connectivity index (χ0n) is 12.1. The van der Waals surface area contributed by atoms with Crippen LogP contribution in [-0.2, 0) is 6.54 Å². The Balaban J connectivity index is 1.87. The maximum Gasteiger partial charge on any atom is 0.271 e. The molecule has 21 heavy (non-hydrogen) atoms. The van der Waals surface area contributed by atoms with Crippen LogP contribution in [0.4, 0.5) is 0 Å². The number of halogens is 1. The van der Waals surface area contributed by atoms with E-state index in [-0.39, 0.29) is 11.9 Å². The Labute approximate surface area is 137 Å². The third-order valence-electron chi connectivity index (χ3n) is 3.99. The van der Waals surface area contributed by atoms with Gasteiger partial charge in [0, 0.05) is 23.8 Å². The summed E-state index contributed by atoms with van der Waals surface area (Å²) < 4.78 is 3.04. The van der Waals surface area contributed by atoms with Gasteiger partial charge < -0.3 is 9.47 Å². The van der Waals surface area contributed by atoms with Crippen molar-refractivity contribution >= 4 is 33.2 Å². The third kappa shape index (κ3) is 2.94. The van der Waals surface area contributed by atoms with Crippen LogP contribution in [0.5, 0.6) is 0 Å². The van der Waals surface area contributed by atoms with E-state index in [1.54, 1.807) is 11.3 Å². The third-order valence-corrected chi connectivity index (χ3v) is 5.12. The van der Waals surface area contributed by atoms with Gasteiger partial charge in [0.05, 0.1) is 6.04 Å². The molecule has 1 unspecified atom stereocenters. The van der Waals surface area contributed by atoms with E-state index in [1.807, 2.05) is 17.2 Å². The molecule has 1 aliphatic heterocycles. The topological polar surface area (TPSA) is 25.2 Å². The molecule has 1 fully saturated rings. The molecule has 3 rings (SSSR count). The van der Waals surface area contributed by atoms with E-state index in [0.29, 0.717) is 0 Å². The molecular weight excluding hydrogens is 348 g/mol. The normalized spacial score (nSPS) is 18.4. The van der Waals surface area contributed by atoms with Crippen LogP contribution in [0.1, 0.15) is 48.3 Å². The minimum Gasteiger partial charge on any atom is -0.342 e. The number of amides is 1. The predicted molar refractivity (Wildman–Crippen MR) is 89.8 cm³/mol. The maximum atomic E-state index is 12.9. The summed E-state index contributed by atoms with van der Waals surface area (Å²) in [5.41, 5.74) is 2.07. The highest BCUT2D eigenvalue weighted by atomic mass is 79.9. The maximum absolute atomic E-state index is 12.9. The molecule has 1 atom stereocenters. The number of aromatic nitrogens is 1. The largest absolute Gasteiger partial charge is 0.342 e. The molecule has 1 saturated heterocycles. The molecule has 112 valence electrons. The molecule has 3 heterocycles. The molecule has 5 heteroatoms. The van der Waals surface area contributed by atoms with E-state index in [0.717, 1.165) is 42.5 Å². The Morgan fingerprint density at radius 2 is 2.38 bits per heavy atom. The van der Waals surface area contributed by atoms with Gasteiger partial charge in [-0.25, -0.2) is 0 Å². The van der Waals surface area contributed by atoms with E-state index >= 15 is 0 Å². The molecule has 1 aliphatic rings. The summed E-state index contributed by atoms with van der Waals surface area (Å²) in [7, 11) is 0. The molecule has 0 radical (unpaired) electrons. The average Bonchev–Trinajstić information content (AvgIpc) is 3.17. The Bertz CT molecular complexity index is 620. The lowest BCUT2D eigenvalue weighted by molar-refractivity contribution is 0.0724. The molecule has 0 bridgehead atoms. The van der Waals surface area contributed by atoms with Gasteiger partial charge in [-0.15, -0.1) is 0 Å². The molecule has 2 aromatic rings. The van der Waals surface area contributed by atoms with Gasteiger partial charge in [-0.3, -0.25) is 4.79 Å². The summed E-state index contributed by atoms with van der Waals surface area (Å²) in [6.45, 7) is 3.87. The fourth-order valence-corrected chi connectivity index (χ4v) is 4.22. The lowest BCUT2D eigenvalue weighted by Gasteiger charge is -2.24. The number of thiophene rings is 1. The zero-order chi connectivity index (χ0) is 14.8. The second-order valence-electron chi connectivity index (χ2n) is 5.45. The van der Waals surface area contributed by atoms with Crippen molar-refractivity contribution in [2.45, 2.75) is 38.8 Å². The number of nitrogens with zero attached hydrogens (tertiary/aromatic N) is 2. The van der Waals surface area contributed by atoms with Crippen LogP contribution >= 0.6 is 27.3 Å². The first-order valence-corrected chi connectivity index (χ1v) is 9.13. The number of carbonyl (C=O) groups excluding carboxylic acids is 1. The summed E-state index contributed by atoms with van der Waals surface area (Å²) >= 11 is 5.19. The molecular formula is C16H19BrN2OS. The van der Waals surface area contributed by atoms with E-state index in [2.05, 4.69) is 44.2 Å². The highest BCUT2D eigenvalue weighted by Gasteiger charge is 2.32. The average molecular weight is 367 g/mol. The van der Waals surface area contributed by atoms with E-state index in [1.165, 1.54) is 5.56 Å². The molecule has 0 aromatic carbocycles. The standard InChI is InChI=1S/C16H19BrN2OS/c1-2-6-18-10-13(17)9-15(18)16(20)19-7-3-4-14(19)12-5-8-21-11-12/h5,8-11,14H,2-4,6-7H2,1H3. The monoisotopic (exact) mass is 366 g/mol. The van der Waals surface area contributed by atoms with Gasteiger partial charge in [-0.1, -0.05) is 6.92 Å². The second-order valence-corrected chi connectivity index (χ2v) is 7.15. The first-order valence-electron chi connectivity index (χ1n) is 7.39. The summed E-state index contributed by atoms with van der Waals surface area (Å²) in [5.74, 6) is 0.155. The molecule has 0 saturated carbocycles. The van der Waals surface area contributed by atoms with Gasteiger partial charge in [-0.2, -0.15) is 11.3 Å². The van der Waals surface area contributed by atoms with Gasteiger partial charge in [0.1, 0.15) is 5.69 Å². The molecule has 1 amide bonds. The summed E-state index contributed by atoms with van der Waals surface area (Å²) in [5, 5.41) is 4.25. The number of rotatable bonds is 4. The van der Waals surface area contributed by atoms with Crippen molar-refractivity contribution in [1.82, 2.24) is 9.47 Å². The van der Waals surface area contributed by atoms with Crippen LogP contribution < -0.4 is 0 Å². The SMILES string of the molecule is CCCn1cc(Br)cc1C(=O)N1CCCC1c1ccsc1. The Morgan fingerprint density at radius 3 is 3.10 bits per heavy atom. The van der Waals surface area contributed by atoms with Gasteiger partial charge >= 0.3 is 0 Å². The summed E-state index contributed by atoms with van der Waals surface area (Å²) in [4.78, 5) is 15.0. The van der Waals surface area contributed by atoms with Crippen LogP contribution in [0.15, 0.2) is 33.6 Å². The first kappa shape index (κ1) is 14.9. The number of hydrogen-bond acceptors (Lipinski definition) is 2. The van der Waals surface area contributed by atoms with Crippen molar-refractivity contribution in [2.75, 3.05) is 6.54 Å². The fourth-order valence-electron chi connectivity index (χ4n) is 3.05. The predicted octanol–water partition coefficient (Wildman–Crippen LogP) is 4.70. The minimum atomic E-state index is 0.155. The van der Waals surface area contributed by atoms with Crippen LogP contribution in [0.25, 0.3) is 0 Å².